The van der Waals surface area contributed by atoms with E-state index in [0.29, 0.717) is 5.92 Å². The van der Waals surface area contributed by atoms with Gasteiger partial charge in [-0.15, -0.1) is 0 Å². The van der Waals surface area contributed by atoms with Crippen molar-refractivity contribution < 1.29 is 4.74 Å². The Morgan fingerprint density at radius 3 is 2.74 bits per heavy atom. The summed E-state index contributed by atoms with van der Waals surface area (Å²) in [5.41, 5.74) is 7.35. The Labute approximate surface area is 186 Å². The Balaban J connectivity index is 1.50. The van der Waals surface area contributed by atoms with E-state index in [1.165, 1.54) is 35.2 Å². The molecule has 1 atom stereocenters. The molecule has 1 aliphatic heterocycles. The maximum absolute atomic E-state index is 5.56. The second-order valence-electron chi connectivity index (χ2n) is 8.70. The Morgan fingerprint density at radius 2 is 1.97 bits per heavy atom. The van der Waals surface area contributed by atoms with E-state index in [1.54, 1.807) is 7.11 Å². The molecule has 0 spiro atoms. The first-order chi connectivity index (χ1) is 15.1. The molecule has 4 rings (SSSR count). The molecule has 1 unspecified atom stereocenters. The van der Waals surface area contributed by atoms with Crippen LogP contribution in [0.25, 0.3) is 0 Å². The van der Waals surface area contributed by atoms with Gasteiger partial charge in [0.05, 0.1) is 12.8 Å². The Morgan fingerprint density at radius 1 is 1.13 bits per heavy atom. The van der Waals surface area contributed by atoms with Gasteiger partial charge in [0, 0.05) is 55.1 Å². The van der Waals surface area contributed by atoms with E-state index < -0.39 is 0 Å². The van der Waals surface area contributed by atoms with E-state index in [0.717, 1.165) is 49.7 Å². The Bertz CT molecular complexity index is 1030. The molecule has 3 heterocycles. The van der Waals surface area contributed by atoms with Crippen molar-refractivity contribution >= 4 is 0 Å². The zero-order valence-corrected chi connectivity index (χ0v) is 19.3. The van der Waals surface area contributed by atoms with Crippen molar-refractivity contribution in [3.63, 3.8) is 0 Å². The van der Waals surface area contributed by atoms with Gasteiger partial charge in [-0.25, -0.2) is 0 Å². The van der Waals surface area contributed by atoms with E-state index >= 15 is 0 Å². The van der Waals surface area contributed by atoms with E-state index in [4.69, 9.17) is 9.72 Å². The number of methoxy groups -OCH3 is 1. The van der Waals surface area contributed by atoms with Crippen LogP contribution < -0.4 is 4.74 Å². The maximum atomic E-state index is 5.56. The van der Waals surface area contributed by atoms with Crippen LogP contribution >= 0.6 is 0 Å². The number of aryl methyl sites for hydroxylation is 3. The number of aromatic nitrogens is 3. The van der Waals surface area contributed by atoms with Crippen molar-refractivity contribution in [1.82, 2.24) is 19.7 Å². The number of rotatable bonds is 7. The molecular weight excluding hydrogens is 384 g/mol. The predicted octanol–water partition coefficient (Wildman–Crippen LogP) is 4.89. The number of likely N-dealkylation sites (tertiary alicyclic amines) is 1. The van der Waals surface area contributed by atoms with Gasteiger partial charge in [-0.2, -0.15) is 5.10 Å². The molecule has 2 aromatic heterocycles. The number of nitrogens with zero attached hydrogens (tertiary/aromatic N) is 4. The molecule has 0 N–H and O–H groups in total. The third kappa shape index (κ3) is 5.16. The summed E-state index contributed by atoms with van der Waals surface area (Å²) in [4.78, 5) is 7.52. The molecular formula is C26H34N4O. The SMILES string of the molecule is CCn1cc(CN2CCCC(c3cc(Cc4ccccc4OC)cc(C)n3)C2)c(C)n1. The standard InChI is InChI=1S/C26H34N4O/c1-5-30-18-24(20(3)28-30)17-29-12-8-10-23(16-29)25-15-21(13-19(2)27-25)14-22-9-6-7-11-26(22)31-4/h6-7,9,11,13,15,18,23H,5,8,10,12,14,16-17H2,1-4H3. The van der Waals surface area contributed by atoms with Crippen molar-refractivity contribution in [2.75, 3.05) is 20.2 Å². The maximum Gasteiger partial charge on any atom is 0.122 e. The summed E-state index contributed by atoms with van der Waals surface area (Å²) in [6.07, 6.45) is 5.48. The number of hydrogen-bond acceptors (Lipinski definition) is 4. The van der Waals surface area contributed by atoms with Gasteiger partial charge >= 0.3 is 0 Å². The van der Waals surface area contributed by atoms with Gasteiger partial charge < -0.3 is 4.74 Å². The van der Waals surface area contributed by atoms with Gasteiger partial charge in [-0.3, -0.25) is 14.6 Å². The summed E-state index contributed by atoms with van der Waals surface area (Å²) in [6, 6.07) is 12.8. The van der Waals surface area contributed by atoms with Crippen molar-refractivity contribution in [2.45, 2.75) is 59.0 Å². The van der Waals surface area contributed by atoms with Crippen LogP contribution in [0.5, 0.6) is 5.75 Å². The molecule has 0 amide bonds. The third-order valence-corrected chi connectivity index (χ3v) is 6.31. The topological polar surface area (TPSA) is 43.2 Å². The fourth-order valence-corrected chi connectivity index (χ4v) is 4.71. The van der Waals surface area contributed by atoms with Gasteiger partial charge in [-0.1, -0.05) is 18.2 Å². The molecule has 3 aromatic rings. The van der Waals surface area contributed by atoms with Gasteiger partial charge in [0.1, 0.15) is 5.75 Å². The van der Waals surface area contributed by atoms with Crippen LogP contribution in [-0.4, -0.2) is 39.9 Å². The highest BCUT2D eigenvalue weighted by atomic mass is 16.5. The summed E-state index contributed by atoms with van der Waals surface area (Å²) in [5.74, 6) is 1.43. The lowest BCUT2D eigenvalue weighted by atomic mass is 9.92. The van der Waals surface area contributed by atoms with Crippen LogP contribution in [-0.2, 0) is 19.5 Å². The molecule has 0 bridgehead atoms. The summed E-state index contributed by atoms with van der Waals surface area (Å²) >= 11 is 0. The van der Waals surface area contributed by atoms with Crippen LogP contribution in [0.2, 0.25) is 0 Å². The first-order valence-electron chi connectivity index (χ1n) is 11.4. The van der Waals surface area contributed by atoms with Crippen molar-refractivity contribution in [2.24, 2.45) is 0 Å². The molecule has 1 saturated heterocycles. The fourth-order valence-electron chi connectivity index (χ4n) is 4.71. The quantitative estimate of drug-likeness (QED) is 0.548. The van der Waals surface area contributed by atoms with Crippen LogP contribution in [0.1, 0.15) is 59.5 Å². The lowest BCUT2D eigenvalue weighted by molar-refractivity contribution is 0.198. The highest BCUT2D eigenvalue weighted by molar-refractivity contribution is 5.38. The van der Waals surface area contributed by atoms with Crippen LogP contribution in [0.4, 0.5) is 0 Å². The van der Waals surface area contributed by atoms with E-state index in [1.807, 2.05) is 16.8 Å². The fraction of sp³-hybridized carbons (Fsp3) is 0.462. The molecule has 1 aliphatic rings. The molecule has 0 radical (unpaired) electrons. The minimum absolute atomic E-state index is 0.478. The lowest BCUT2D eigenvalue weighted by Crippen LogP contribution is -2.34. The number of benzene rings is 1. The van der Waals surface area contributed by atoms with Gasteiger partial charge in [0.2, 0.25) is 0 Å². The first kappa shape index (κ1) is 21.6. The first-order valence-corrected chi connectivity index (χ1v) is 11.4. The van der Waals surface area contributed by atoms with Crippen LogP contribution in [0, 0.1) is 13.8 Å². The zero-order chi connectivity index (χ0) is 21.8. The number of hydrogen-bond donors (Lipinski definition) is 0. The lowest BCUT2D eigenvalue weighted by Gasteiger charge is -2.32. The number of pyridine rings is 1. The van der Waals surface area contributed by atoms with Crippen molar-refractivity contribution in [1.29, 1.82) is 0 Å². The van der Waals surface area contributed by atoms with Gasteiger partial charge in [0.25, 0.3) is 0 Å². The van der Waals surface area contributed by atoms with Crippen molar-refractivity contribution in [3.8, 4) is 5.75 Å². The zero-order valence-electron chi connectivity index (χ0n) is 19.3. The van der Waals surface area contributed by atoms with Crippen molar-refractivity contribution in [3.05, 3.63) is 76.4 Å². The molecule has 5 heteroatoms. The Hall–Kier alpha value is -2.66. The van der Waals surface area contributed by atoms with Gasteiger partial charge in [-0.05, 0) is 69.5 Å². The number of para-hydroxylation sites is 1. The average molecular weight is 419 g/mol. The van der Waals surface area contributed by atoms with Gasteiger partial charge in [0.15, 0.2) is 0 Å². The van der Waals surface area contributed by atoms with E-state index in [9.17, 15) is 0 Å². The summed E-state index contributed by atoms with van der Waals surface area (Å²) in [7, 11) is 1.74. The monoisotopic (exact) mass is 418 g/mol. The summed E-state index contributed by atoms with van der Waals surface area (Å²) < 4.78 is 7.60. The summed E-state index contributed by atoms with van der Waals surface area (Å²) in [6.45, 7) is 10.5. The minimum Gasteiger partial charge on any atom is -0.496 e. The third-order valence-electron chi connectivity index (χ3n) is 6.31. The molecule has 5 nitrogen and oxygen atoms in total. The number of piperidine rings is 1. The van der Waals surface area contributed by atoms with Crippen LogP contribution in [0.15, 0.2) is 42.6 Å². The molecule has 1 fully saturated rings. The highest BCUT2D eigenvalue weighted by Crippen LogP contribution is 2.29. The largest absolute Gasteiger partial charge is 0.496 e. The smallest absolute Gasteiger partial charge is 0.122 e. The minimum atomic E-state index is 0.478. The average Bonchev–Trinajstić information content (AvgIpc) is 3.13. The molecule has 0 aliphatic carbocycles. The highest BCUT2D eigenvalue weighted by Gasteiger charge is 2.24. The van der Waals surface area contributed by atoms with E-state index in [2.05, 4.69) is 61.2 Å². The van der Waals surface area contributed by atoms with E-state index in [-0.39, 0.29) is 0 Å². The second kappa shape index (κ2) is 9.65. The molecule has 0 saturated carbocycles. The normalized spacial score (nSPS) is 17.1. The second-order valence-corrected chi connectivity index (χ2v) is 8.70. The summed E-state index contributed by atoms with van der Waals surface area (Å²) in [5, 5.41) is 4.62. The predicted molar refractivity (Wildman–Crippen MR) is 125 cm³/mol. The molecule has 1 aromatic carbocycles. The number of ether oxygens (including phenoxy) is 1. The van der Waals surface area contributed by atoms with Crippen LogP contribution in [0.3, 0.4) is 0 Å². The molecule has 31 heavy (non-hydrogen) atoms. The molecule has 164 valence electrons. The Kier molecular flexibility index (Phi) is 6.71.